The van der Waals surface area contributed by atoms with Gasteiger partial charge in [-0.05, 0) is 34.7 Å². The molecule has 0 fully saturated rings. The number of nitrogens with two attached hydrogens (primary N) is 1. The Bertz CT molecular complexity index is 1260. The van der Waals surface area contributed by atoms with Crippen LogP contribution in [0.15, 0.2) is 60.9 Å². The van der Waals surface area contributed by atoms with Crippen molar-refractivity contribution in [2.24, 2.45) is 5.73 Å². The van der Waals surface area contributed by atoms with E-state index >= 15 is 0 Å². The van der Waals surface area contributed by atoms with Gasteiger partial charge in [-0.1, -0.05) is 35.6 Å². The number of hydrogen-bond donors (Lipinski definition) is 2. The number of alkyl halides is 3. The monoisotopic (exact) mass is 490 g/mol. The Balaban J connectivity index is 1.44. The van der Waals surface area contributed by atoms with E-state index in [1.165, 1.54) is 42.8 Å². The van der Waals surface area contributed by atoms with E-state index in [4.69, 9.17) is 10.5 Å². The molecule has 2 atom stereocenters. The van der Waals surface area contributed by atoms with Crippen LogP contribution >= 0.6 is 11.3 Å². The Morgan fingerprint density at radius 3 is 2.50 bits per heavy atom. The smallest absolute Gasteiger partial charge is 0.384 e. The zero-order chi connectivity index (χ0) is 24.3. The summed E-state index contributed by atoms with van der Waals surface area (Å²) in [5, 5.41) is 5.43. The average molecular weight is 491 g/mol. The summed E-state index contributed by atoms with van der Waals surface area (Å²) in [5.74, 6) is -0.841. The minimum absolute atomic E-state index is 0.264. The van der Waals surface area contributed by atoms with Gasteiger partial charge in [0.15, 0.2) is 5.13 Å². The summed E-state index contributed by atoms with van der Waals surface area (Å²) in [5.41, 5.74) is 7.23. The van der Waals surface area contributed by atoms with Crippen LogP contribution in [0.3, 0.4) is 0 Å². The van der Waals surface area contributed by atoms with E-state index < -0.39 is 23.7 Å². The normalized spacial score (nSPS) is 13.7. The van der Waals surface area contributed by atoms with Crippen LogP contribution in [-0.4, -0.2) is 36.3 Å². The number of fused-ring (bicyclic) bond motifs is 1. The molecule has 34 heavy (non-hydrogen) atoms. The quantitative estimate of drug-likeness (QED) is 0.245. The first-order valence-electron chi connectivity index (χ1n) is 10.4. The third-order valence-corrected chi connectivity index (χ3v) is 6.50. The predicted octanol–water partition coefficient (Wildman–Crippen LogP) is 5.69. The number of nitrogens with zero attached hydrogens (tertiary/aromatic N) is 2. The average Bonchev–Trinajstić information content (AvgIpc) is 3.29. The number of halogens is 4. The Morgan fingerprint density at radius 1 is 1.03 bits per heavy atom. The molecule has 0 saturated carbocycles. The predicted molar refractivity (Wildman–Crippen MR) is 125 cm³/mol. The van der Waals surface area contributed by atoms with E-state index in [1.54, 1.807) is 6.20 Å². The maximum atomic E-state index is 13.5. The van der Waals surface area contributed by atoms with Crippen LogP contribution < -0.4 is 11.1 Å². The molecule has 5 nitrogen and oxygen atoms in total. The van der Waals surface area contributed by atoms with Crippen LogP contribution in [0.2, 0.25) is 0 Å². The lowest BCUT2D eigenvalue weighted by atomic mass is 9.92. The first kappa shape index (κ1) is 24.1. The highest BCUT2D eigenvalue weighted by molar-refractivity contribution is 7.18. The van der Waals surface area contributed by atoms with Crippen LogP contribution in [0.25, 0.3) is 21.2 Å². The molecule has 10 heteroatoms. The van der Waals surface area contributed by atoms with Crippen molar-refractivity contribution in [3.8, 4) is 10.4 Å². The highest BCUT2D eigenvalue weighted by atomic mass is 32.1. The second kappa shape index (κ2) is 10.0. The number of pyridine rings is 1. The summed E-state index contributed by atoms with van der Waals surface area (Å²) >= 11 is 1.42. The van der Waals surface area contributed by atoms with Crippen LogP contribution in [0.1, 0.15) is 17.0 Å². The number of rotatable bonds is 8. The van der Waals surface area contributed by atoms with Crippen molar-refractivity contribution in [1.82, 2.24) is 9.97 Å². The molecule has 0 aliphatic rings. The largest absolute Gasteiger partial charge is 0.416 e. The Kier molecular flexibility index (Phi) is 7.11. The molecule has 2 aromatic heterocycles. The number of methoxy groups -OCH3 is 1. The molecule has 3 N–H and O–H groups in total. The third kappa shape index (κ3) is 5.52. The molecule has 2 aromatic carbocycles. The van der Waals surface area contributed by atoms with Gasteiger partial charge in [-0.15, -0.1) is 0 Å². The van der Waals surface area contributed by atoms with Crippen LogP contribution in [0, 0.1) is 5.95 Å². The molecular weight excluding hydrogens is 468 g/mol. The second-order valence-corrected chi connectivity index (χ2v) is 8.86. The minimum Gasteiger partial charge on any atom is -0.384 e. The van der Waals surface area contributed by atoms with Crippen LogP contribution in [0.5, 0.6) is 0 Å². The Labute approximate surface area is 197 Å². The van der Waals surface area contributed by atoms with Crippen molar-refractivity contribution in [3.63, 3.8) is 0 Å². The molecule has 2 heterocycles. The van der Waals surface area contributed by atoms with E-state index in [2.05, 4.69) is 15.3 Å². The van der Waals surface area contributed by atoms with E-state index in [1.807, 2.05) is 18.2 Å². The van der Waals surface area contributed by atoms with Gasteiger partial charge in [-0.2, -0.15) is 17.6 Å². The summed E-state index contributed by atoms with van der Waals surface area (Å²) < 4.78 is 57.3. The lowest BCUT2D eigenvalue weighted by Gasteiger charge is -2.24. The van der Waals surface area contributed by atoms with Gasteiger partial charge in [0.1, 0.15) is 0 Å². The zero-order valence-electron chi connectivity index (χ0n) is 18.1. The van der Waals surface area contributed by atoms with Gasteiger partial charge in [0.05, 0.1) is 17.0 Å². The van der Waals surface area contributed by atoms with E-state index in [-0.39, 0.29) is 12.5 Å². The number of hydrogen-bond acceptors (Lipinski definition) is 6. The lowest BCUT2D eigenvalue weighted by molar-refractivity contribution is -0.137. The van der Waals surface area contributed by atoms with Gasteiger partial charge < -0.3 is 15.8 Å². The topological polar surface area (TPSA) is 73.1 Å². The molecule has 0 bridgehead atoms. The molecule has 4 rings (SSSR count). The van der Waals surface area contributed by atoms with Crippen molar-refractivity contribution in [1.29, 1.82) is 0 Å². The van der Waals surface area contributed by atoms with Gasteiger partial charge in [0, 0.05) is 49.5 Å². The molecule has 0 saturated heterocycles. The van der Waals surface area contributed by atoms with E-state index in [0.717, 1.165) is 33.3 Å². The molecule has 0 radical (unpaired) electrons. The summed E-state index contributed by atoms with van der Waals surface area (Å²) in [4.78, 5) is 8.94. The fraction of sp³-hybridized carbons (Fsp3) is 0.250. The van der Waals surface area contributed by atoms with Crippen molar-refractivity contribution in [2.75, 3.05) is 25.6 Å². The first-order valence-corrected chi connectivity index (χ1v) is 11.2. The number of ether oxygens (including phenoxy) is 1. The van der Waals surface area contributed by atoms with Crippen LogP contribution in [-0.2, 0) is 10.9 Å². The summed E-state index contributed by atoms with van der Waals surface area (Å²) in [6.45, 7) is 0.608. The highest BCUT2D eigenvalue weighted by Gasteiger charge is 2.30. The van der Waals surface area contributed by atoms with Gasteiger partial charge in [0.25, 0.3) is 0 Å². The fourth-order valence-corrected chi connectivity index (χ4v) is 4.49. The van der Waals surface area contributed by atoms with Crippen LogP contribution in [0.4, 0.5) is 22.7 Å². The lowest BCUT2D eigenvalue weighted by Crippen LogP contribution is -2.37. The fourth-order valence-electron chi connectivity index (χ4n) is 3.67. The number of nitrogens with one attached hydrogen (secondary N) is 1. The molecular formula is C24H22F4N4OS. The standard InChI is InChI=1S/C24H22F4N4OS/c1-33-13-19(14-4-6-18(7-5-14)24(26,27)28)20(29)11-31-23-32-12-21(34-23)15-2-3-16-10-30-22(25)9-17(16)8-15/h2-10,12,19-20H,11,13,29H2,1H3,(H,31,32). The first-order chi connectivity index (χ1) is 16.2. The molecule has 0 aliphatic heterocycles. The number of aromatic nitrogens is 2. The van der Waals surface area contributed by atoms with Crippen molar-refractivity contribution in [2.45, 2.75) is 18.1 Å². The zero-order valence-corrected chi connectivity index (χ0v) is 19.0. The highest BCUT2D eigenvalue weighted by Crippen LogP contribution is 2.32. The molecule has 4 aromatic rings. The number of benzene rings is 2. The van der Waals surface area contributed by atoms with Gasteiger partial charge in [0.2, 0.25) is 5.95 Å². The minimum atomic E-state index is -4.39. The number of thiazole rings is 1. The van der Waals surface area contributed by atoms with Crippen molar-refractivity contribution in [3.05, 3.63) is 78.0 Å². The summed E-state index contributed by atoms with van der Waals surface area (Å²) in [7, 11) is 1.52. The number of anilines is 1. The Morgan fingerprint density at radius 2 is 1.79 bits per heavy atom. The van der Waals surface area contributed by atoms with E-state index in [9.17, 15) is 17.6 Å². The van der Waals surface area contributed by atoms with Gasteiger partial charge in [-0.25, -0.2) is 9.97 Å². The van der Waals surface area contributed by atoms with Gasteiger partial charge >= 0.3 is 6.18 Å². The summed E-state index contributed by atoms with van der Waals surface area (Å²) in [6, 6.07) is 11.6. The second-order valence-electron chi connectivity index (χ2n) is 7.82. The van der Waals surface area contributed by atoms with E-state index in [0.29, 0.717) is 17.2 Å². The van der Waals surface area contributed by atoms with Crippen molar-refractivity contribution >= 4 is 27.2 Å². The van der Waals surface area contributed by atoms with Gasteiger partial charge in [-0.3, -0.25) is 0 Å². The maximum Gasteiger partial charge on any atom is 0.416 e. The summed E-state index contributed by atoms with van der Waals surface area (Å²) in [6.07, 6.45) is -1.18. The third-order valence-electron chi connectivity index (χ3n) is 5.50. The Hall–Kier alpha value is -3.08. The van der Waals surface area contributed by atoms with Crippen molar-refractivity contribution < 1.29 is 22.3 Å². The molecule has 0 aliphatic carbocycles. The SMILES string of the molecule is COCC(c1ccc(C(F)(F)F)cc1)C(N)CNc1ncc(-c2ccc3cnc(F)cc3c2)s1. The molecule has 2 unspecified atom stereocenters. The molecule has 178 valence electrons. The molecule has 0 spiro atoms. The molecule has 0 amide bonds. The maximum absolute atomic E-state index is 13.5.